The third-order valence-corrected chi connectivity index (χ3v) is 9.78. The van der Waals surface area contributed by atoms with Crippen molar-refractivity contribution in [2.75, 3.05) is 18.0 Å². The van der Waals surface area contributed by atoms with Gasteiger partial charge in [-0.1, -0.05) is 57.6 Å². The number of carbonyl (C=O) groups excluding carboxylic acids is 1. The van der Waals surface area contributed by atoms with Crippen molar-refractivity contribution in [3.05, 3.63) is 88.4 Å². The minimum absolute atomic E-state index is 0.0284. The zero-order valence-corrected chi connectivity index (χ0v) is 22.7. The van der Waals surface area contributed by atoms with E-state index in [1.165, 1.54) is 11.3 Å². The summed E-state index contributed by atoms with van der Waals surface area (Å²) in [5.74, 6) is -2.41. The summed E-state index contributed by atoms with van der Waals surface area (Å²) in [6.07, 6.45) is 0.521. The molecule has 37 heavy (non-hydrogen) atoms. The zero-order chi connectivity index (χ0) is 26.2. The summed E-state index contributed by atoms with van der Waals surface area (Å²) >= 11 is 4.89. The normalized spacial score (nSPS) is 15.2. The molecule has 0 aliphatic carbocycles. The van der Waals surface area contributed by atoms with Crippen LogP contribution < -0.4 is 4.90 Å². The number of thiazole rings is 1. The summed E-state index contributed by atoms with van der Waals surface area (Å²) in [7, 11) is -4.23. The first-order valence-electron chi connectivity index (χ1n) is 11.6. The summed E-state index contributed by atoms with van der Waals surface area (Å²) < 4.78 is 56.7. The van der Waals surface area contributed by atoms with Crippen molar-refractivity contribution in [1.29, 1.82) is 0 Å². The van der Waals surface area contributed by atoms with E-state index in [2.05, 4.69) is 15.9 Å². The van der Waals surface area contributed by atoms with Gasteiger partial charge < -0.3 is 0 Å². The smallest absolute Gasteiger partial charge is 0.246 e. The molecule has 0 unspecified atom stereocenters. The number of anilines is 1. The van der Waals surface area contributed by atoms with Crippen molar-refractivity contribution in [3.63, 3.8) is 0 Å². The van der Waals surface area contributed by atoms with Gasteiger partial charge in [0.05, 0.1) is 16.8 Å². The van der Waals surface area contributed by atoms with E-state index in [1.807, 2.05) is 48.5 Å². The molecule has 3 aromatic carbocycles. The Morgan fingerprint density at radius 3 is 2.51 bits per heavy atom. The molecule has 1 saturated heterocycles. The van der Waals surface area contributed by atoms with Crippen LogP contribution in [0.4, 0.5) is 13.9 Å². The van der Waals surface area contributed by atoms with Gasteiger partial charge in [0.2, 0.25) is 15.9 Å². The van der Waals surface area contributed by atoms with Crippen LogP contribution in [0, 0.1) is 17.6 Å². The van der Waals surface area contributed by atoms with Gasteiger partial charge in [-0.05, 0) is 54.8 Å². The predicted molar refractivity (Wildman–Crippen MR) is 143 cm³/mol. The summed E-state index contributed by atoms with van der Waals surface area (Å²) in [6.45, 7) is 0.384. The second kappa shape index (κ2) is 10.6. The van der Waals surface area contributed by atoms with Crippen molar-refractivity contribution >= 4 is 58.5 Å². The standard InChI is InChI=1S/C26H22BrF2N3O3S2/c27-19-6-9-22-23(14-19)36-26(30-22)32(16-17-4-2-1-3-5-17)25(33)18-10-12-31(13-11-18)37(34,35)24-15-20(28)7-8-21(24)29/h1-9,14-15,18H,10-13,16H2. The van der Waals surface area contributed by atoms with Gasteiger partial charge in [0.15, 0.2) is 5.13 Å². The van der Waals surface area contributed by atoms with Gasteiger partial charge in [-0.3, -0.25) is 9.69 Å². The molecule has 0 N–H and O–H groups in total. The molecule has 4 aromatic rings. The second-order valence-electron chi connectivity index (χ2n) is 8.77. The molecule has 0 bridgehead atoms. The van der Waals surface area contributed by atoms with Crippen LogP contribution in [0.25, 0.3) is 10.2 Å². The molecule has 192 valence electrons. The highest BCUT2D eigenvalue weighted by Gasteiger charge is 2.36. The molecule has 5 rings (SSSR count). The second-order valence-corrected chi connectivity index (χ2v) is 12.6. The number of piperidine rings is 1. The third-order valence-electron chi connectivity index (χ3n) is 6.33. The molecule has 1 fully saturated rings. The fourth-order valence-corrected chi connectivity index (χ4v) is 7.45. The molecule has 1 amide bonds. The lowest BCUT2D eigenvalue weighted by atomic mass is 9.96. The lowest BCUT2D eigenvalue weighted by Crippen LogP contribution is -2.44. The molecule has 0 radical (unpaired) electrons. The first-order chi connectivity index (χ1) is 17.7. The minimum Gasteiger partial charge on any atom is -0.283 e. The maximum atomic E-state index is 14.2. The number of rotatable bonds is 6. The van der Waals surface area contributed by atoms with E-state index in [9.17, 15) is 22.0 Å². The van der Waals surface area contributed by atoms with Crippen LogP contribution >= 0.6 is 27.3 Å². The zero-order valence-electron chi connectivity index (χ0n) is 19.5. The summed E-state index contributed by atoms with van der Waals surface area (Å²) in [5, 5.41) is 0.568. The first kappa shape index (κ1) is 25.9. The van der Waals surface area contributed by atoms with Gasteiger partial charge in [-0.15, -0.1) is 0 Å². The Morgan fingerprint density at radius 2 is 1.78 bits per heavy atom. The highest BCUT2D eigenvalue weighted by molar-refractivity contribution is 9.10. The van der Waals surface area contributed by atoms with Crippen LogP contribution in [0.3, 0.4) is 0 Å². The molecule has 11 heteroatoms. The number of hydrogen-bond donors (Lipinski definition) is 0. The molecule has 0 saturated carbocycles. The highest BCUT2D eigenvalue weighted by Crippen LogP contribution is 2.34. The van der Waals surface area contributed by atoms with Gasteiger partial charge in [0.25, 0.3) is 0 Å². The monoisotopic (exact) mass is 605 g/mol. The third kappa shape index (κ3) is 5.45. The van der Waals surface area contributed by atoms with Gasteiger partial charge in [0, 0.05) is 23.5 Å². The SMILES string of the molecule is O=C(C1CCN(S(=O)(=O)c2cc(F)ccc2F)CC1)N(Cc1ccccc1)c1nc2ccc(Br)cc2s1. The molecule has 1 aliphatic rings. The van der Waals surface area contributed by atoms with Crippen LogP contribution in [0.1, 0.15) is 18.4 Å². The molecule has 1 aromatic heterocycles. The Bertz CT molecular complexity index is 1560. The minimum atomic E-state index is -4.23. The Balaban J connectivity index is 1.38. The van der Waals surface area contributed by atoms with Gasteiger partial charge in [-0.2, -0.15) is 4.31 Å². The largest absolute Gasteiger partial charge is 0.283 e. The van der Waals surface area contributed by atoms with E-state index in [0.717, 1.165) is 36.7 Å². The summed E-state index contributed by atoms with van der Waals surface area (Å²) in [4.78, 5) is 19.4. The number of fused-ring (bicyclic) bond motifs is 1. The van der Waals surface area contributed by atoms with Crippen molar-refractivity contribution in [1.82, 2.24) is 9.29 Å². The molecule has 0 spiro atoms. The number of aromatic nitrogens is 1. The van der Waals surface area contributed by atoms with Crippen molar-refractivity contribution in [2.45, 2.75) is 24.3 Å². The summed E-state index contributed by atoms with van der Waals surface area (Å²) in [6, 6.07) is 17.7. The molecule has 2 heterocycles. The Hall–Kier alpha value is -2.73. The Kier molecular flexibility index (Phi) is 7.39. The van der Waals surface area contributed by atoms with Crippen LogP contribution in [-0.2, 0) is 21.4 Å². The Morgan fingerprint density at radius 1 is 1.05 bits per heavy atom. The number of nitrogens with zero attached hydrogens (tertiary/aromatic N) is 3. The molecule has 1 aliphatic heterocycles. The van der Waals surface area contributed by atoms with Crippen LogP contribution in [-0.4, -0.2) is 36.7 Å². The van der Waals surface area contributed by atoms with E-state index in [-0.39, 0.29) is 31.8 Å². The number of hydrogen-bond acceptors (Lipinski definition) is 5. The van der Waals surface area contributed by atoms with Gasteiger partial charge in [0.1, 0.15) is 16.5 Å². The number of carbonyl (C=O) groups is 1. The predicted octanol–water partition coefficient (Wildman–Crippen LogP) is 5.97. The first-order valence-corrected chi connectivity index (χ1v) is 14.6. The lowest BCUT2D eigenvalue weighted by molar-refractivity contribution is -0.123. The van der Waals surface area contributed by atoms with Crippen LogP contribution in [0.15, 0.2) is 76.1 Å². The van der Waals surface area contributed by atoms with Crippen molar-refractivity contribution in [3.8, 4) is 0 Å². The van der Waals surface area contributed by atoms with Crippen LogP contribution in [0.5, 0.6) is 0 Å². The fourth-order valence-electron chi connectivity index (χ4n) is 4.39. The average Bonchev–Trinajstić information content (AvgIpc) is 3.32. The number of amides is 1. The topological polar surface area (TPSA) is 70.6 Å². The lowest BCUT2D eigenvalue weighted by Gasteiger charge is -2.33. The quantitative estimate of drug-likeness (QED) is 0.271. The van der Waals surface area contributed by atoms with E-state index in [0.29, 0.717) is 17.7 Å². The van der Waals surface area contributed by atoms with E-state index >= 15 is 0 Å². The van der Waals surface area contributed by atoms with Crippen molar-refractivity contribution in [2.24, 2.45) is 5.92 Å². The fraction of sp³-hybridized carbons (Fsp3) is 0.231. The van der Waals surface area contributed by atoms with E-state index in [4.69, 9.17) is 4.98 Å². The maximum absolute atomic E-state index is 14.2. The number of sulfonamides is 1. The summed E-state index contributed by atoms with van der Waals surface area (Å²) in [5.41, 5.74) is 1.73. The van der Waals surface area contributed by atoms with Gasteiger partial charge in [-0.25, -0.2) is 22.2 Å². The van der Waals surface area contributed by atoms with E-state index in [1.54, 1.807) is 4.90 Å². The molecule has 0 atom stereocenters. The number of benzene rings is 3. The van der Waals surface area contributed by atoms with Gasteiger partial charge >= 0.3 is 0 Å². The molecule has 6 nitrogen and oxygen atoms in total. The number of halogens is 3. The average molecular weight is 607 g/mol. The molecular weight excluding hydrogens is 584 g/mol. The Labute approximate surface area is 225 Å². The van der Waals surface area contributed by atoms with Crippen molar-refractivity contribution < 1.29 is 22.0 Å². The molecular formula is C26H22BrF2N3O3S2. The highest BCUT2D eigenvalue weighted by atomic mass is 79.9. The van der Waals surface area contributed by atoms with E-state index < -0.39 is 32.5 Å². The maximum Gasteiger partial charge on any atom is 0.246 e. The van der Waals surface area contributed by atoms with Crippen LogP contribution in [0.2, 0.25) is 0 Å².